The molecule has 3 heteroatoms. The molecule has 0 heterocycles. The quantitative estimate of drug-likeness (QED) is 0.578. The van der Waals surface area contributed by atoms with Crippen molar-refractivity contribution in [3.05, 3.63) is 0 Å². The minimum atomic E-state index is -0.697. The van der Waals surface area contributed by atoms with Gasteiger partial charge in [0.05, 0.1) is 11.7 Å². The molecule has 0 saturated carbocycles. The number of hydrogen-bond acceptors (Lipinski definition) is 3. The lowest BCUT2D eigenvalue weighted by atomic mass is 10.1. The van der Waals surface area contributed by atoms with Gasteiger partial charge in [-0.25, -0.2) is 0 Å². The zero-order chi connectivity index (χ0) is 10.5. The second-order valence-electron chi connectivity index (χ2n) is 4.73. The van der Waals surface area contributed by atoms with E-state index in [-0.39, 0.29) is 6.10 Å². The van der Waals surface area contributed by atoms with E-state index < -0.39 is 5.60 Å². The molecule has 0 aromatic carbocycles. The number of aliphatic hydroxyl groups is 2. The summed E-state index contributed by atoms with van der Waals surface area (Å²) in [7, 11) is 0. The van der Waals surface area contributed by atoms with Crippen LogP contribution in [0.15, 0.2) is 0 Å². The van der Waals surface area contributed by atoms with Crippen LogP contribution in [0.4, 0.5) is 0 Å². The Labute approximate surface area is 81.2 Å². The van der Waals surface area contributed by atoms with Crippen LogP contribution >= 0.6 is 0 Å². The predicted octanol–water partition coefficient (Wildman–Crippen LogP) is 0.754. The highest BCUT2D eigenvalue weighted by atomic mass is 16.3. The van der Waals surface area contributed by atoms with Gasteiger partial charge >= 0.3 is 0 Å². The lowest BCUT2D eigenvalue weighted by Crippen LogP contribution is -2.38. The van der Waals surface area contributed by atoms with E-state index in [0.717, 1.165) is 6.42 Å². The Hall–Kier alpha value is -0.120. The Bertz CT molecular complexity index is 129. The van der Waals surface area contributed by atoms with Crippen molar-refractivity contribution < 1.29 is 10.2 Å². The van der Waals surface area contributed by atoms with Crippen LogP contribution in [0.2, 0.25) is 0 Å². The standard InChI is InChI=1S/C10H23NO2/c1-8(2)5-9(12)6-11-7-10(3,4)13/h8-9,11-13H,5-7H2,1-4H3. The van der Waals surface area contributed by atoms with Gasteiger partial charge in [0.1, 0.15) is 0 Å². The summed E-state index contributed by atoms with van der Waals surface area (Å²) in [6.07, 6.45) is 0.501. The van der Waals surface area contributed by atoms with Crippen LogP contribution in [-0.4, -0.2) is 35.0 Å². The molecule has 80 valence electrons. The summed E-state index contributed by atoms with van der Waals surface area (Å²) >= 11 is 0. The SMILES string of the molecule is CC(C)CC(O)CNCC(C)(C)O. The number of nitrogens with one attached hydrogen (secondary N) is 1. The third kappa shape index (κ3) is 9.80. The normalized spacial score (nSPS) is 15.0. The molecule has 0 saturated heterocycles. The van der Waals surface area contributed by atoms with Gasteiger partial charge in [-0.05, 0) is 26.2 Å². The van der Waals surface area contributed by atoms with Gasteiger partial charge in [-0.1, -0.05) is 13.8 Å². The maximum atomic E-state index is 9.47. The fourth-order valence-corrected chi connectivity index (χ4v) is 1.17. The third-order valence-corrected chi connectivity index (χ3v) is 1.68. The summed E-state index contributed by atoms with van der Waals surface area (Å²) < 4.78 is 0. The average molecular weight is 189 g/mol. The van der Waals surface area contributed by atoms with E-state index in [1.807, 2.05) is 0 Å². The van der Waals surface area contributed by atoms with Crippen molar-refractivity contribution in [2.75, 3.05) is 13.1 Å². The van der Waals surface area contributed by atoms with Crippen molar-refractivity contribution in [2.24, 2.45) is 5.92 Å². The lowest BCUT2D eigenvalue weighted by molar-refractivity contribution is 0.0721. The van der Waals surface area contributed by atoms with E-state index in [2.05, 4.69) is 19.2 Å². The van der Waals surface area contributed by atoms with Gasteiger partial charge in [0.2, 0.25) is 0 Å². The number of hydrogen-bond donors (Lipinski definition) is 3. The Morgan fingerprint density at radius 3 is 2.23 bits per heavy atom. The molecule has 0 fully saturated rings. The van der Waals surface area contributed by atoms with Gasteiger partial charge < -0.3 is 15.5 Å². The molecule has 0 aliphatic rings. The first-order valence-electron chi connectivity index (χ1n) is 4.92. The summed E-state index contributed by atoms with van der Waals surface area (Å²) in [5, 5.41) is 21.9. The van der Waals surface area contributed by atoms with Crippen molar-refractivity contribution in [2.45, 2.75) is 45.8 Å². The minimum absolute atomic E-state index is 0.303. The van der Waals surface area contributed by atoms with Gasteiger partial charge in [0.15, 0.2) is 0 Å². The monoisotopic (exact) mass is 189 g/mol. The fourth-order valence-electron chi connectivity index (χ4n) is 1.17. The van der Waals surface area contributed by atoms with Crippen LogP contribution in [0.1, 0.15) is 34.1 Å². The molecule has 0 rings (SSSR count). The molecule has 1 unspecified atom stereocenters. The maximum absolute atomic E-state index is 9.47. The fraction of sp³-hybridized carbons (Fsp3) is 1.00. The molecule has 0 aromatic rings. The maximum Gasteiger partial charge on any atom is 0.0715 e. The molecule has 0 aromatic heterocycles. The molecular formula is C10H23NO2. The highest BCUT2D eigenvalue weighted by Crippen LogP contribution is 2.04. The van der Waals surface area contributed by atoms with Crippen molar-refractivity contribution in [1.29, 1.82) is 0 Å². The number of aliphatic hydroxyl groups excluding tert-OH is 1. The molecule has 3 N–H and O–H groups in total. The molecule has 0 aliphatic carbocycles. The van der Waals surface area contributed by atoms with Crippen molar-refractivity contribution in [1.82, 2.24) is 5.32 Å². The van der Waals surface area contributed by atoms with E-state index in [4.69, 9.17) is 0 Å². The highest BCUT2D eigenvalue weighted by Gasteiger charge is 2.13. The number of rotatable bonds is 6. The molecule has 0 spiro atoms. The highest BCUT2D eigenvalue weighted by molar-refractivity contribution is 4.70. The molecule has 1 atom stereocenters. The minimum Gasteiger partial charge on any atom is -0.392 e. The van der Waals surface area contributed by atoms with Crippen LogP contribution in [0.5, 0.6) is 0 Å². The van der Waals surface area contributed by atoms with Gasteiger partial charge in [-0.2, -0.15) is 0 Å². The van der Waals surface area contributed by atoms with Crippen LogP contribution in [0.3, 0.4) is 0 Å². The summed E-state index contributed by atoms with van der Waals surface area (Å²) in [5.41, 5.74) is -0.697. The van der Waals surface area contributed by atoms with Gasteiger partial charge in [-0.15, -0.1) is 0 Å². The smallest absolute Gasteiger partial charge is 0.0715 e. The second-order valence-corrected chi connectivity index (χ2v) is 4.73. The van der Waals surface area contributed by atoms with Crippen molar-refractivity contribution in [3.8, 4) is 0 Å². The molecule has 3 nitrogen and oxygen atoms in total. The Balaban J connectivity index is 3.42. The van der Waals surface area contributed by atoms with Crippen molar-refractivity contribution in [3.63, 3.8) is 0 Å². The molecule has 0 bridgehead atoms. The van der Waals surface area contributed by atoms with Crippen LogP contribution in [0.25, 0.3) is 0 Å². The van der Waals surface area contributed by atoms with E-state index in [9.17, 15) is 10.2 Å². The third-order valence-electron chi connectivity index (χ3n) is 1.68. The van der Waals surface area contributed by atoms with E-state index >= 15 is 0 Å². The lowest BCUT2D eigenvalue weighted by Gasteiger charge is -2.20. The summed E-state index contributed by atoms with van der Waals surface area (Å²) in [6.45, 7) is 8.73. The Morgan fingerprint density at radius 1 is 1.31 bits per heavy atom. The van der Waals surface area contributed by atoms with Gasteiger partial charge in [0, 0.05) is 13.1 Å². The van der Waals surface area contributed by atoms with E-state index in [0.29, 0.717) is 19.0 Å². The predicted molar refractivity (Wildman–Crippen MR) is 54.6 cm³/mol. The average Bonchev–Trinajstić information content (AvgIpc) is 1.81. The first-order chi connectivity index (χ1) is 5.81. The zero-order valence-electron chi connectivity index (χ0n) is 9.17. The van der Waals surface area contributed by atoms with Crippen LogP contribution in [0, 0.1) is 5.92 Å². The molecular weight excluding hydrogens is 166 g/mol. The van der Waals surface area contributed by atoms with E-state index in [1.54, 1.807) is 13.8 Å². The van der Waals surface area contributed by atoms with Gasteiger partial charge in [-0.3, -0.25) is 0 Å². The summed E-state index contributed by atoms with van der Waals surface area (Å²) in [6, 6.07) is 0. The van der Waals surface area contributed by atoms with Crippen LogP contribution in [-0.2, 0) is 0 Å². The zero-order valence-corrected chi connectivity index (χ0v) is 9.17. The molecule has 0 amide bonds. The van der Waals surface area contributed by atoms with Crippen LogP contribution < -0.4 is 5.32 Å². The Kier molecular flexibility index (Phi) is 5.53. The first kappa shape index (κ1) is 12.9. The van der Waals surface area contributed by atoms with Crippen molar-refractivity contribution >= 4 is 0 Å². The van der Waals surface area contributed by atoms with E-state index in [1.165, 1.54) is 0 Å². The molecule has 13 heavy (non-hydrogen) atoms. The first-order valence-corrected chi connectivity index (χ1v) is 4.92. The van der Waals surface area contributed by atoms with Gasteiger partial charge in [0.25, 0.3) is 0 Å². The largest absolute Gasteiger partial charge is 0.392 e. The molecule has 0 radical (unpaired) electrons. The summed E-state index contributed by atoms with van der Waals surface area (Å²) in [4.78, 5) is 0. The Morgan fingerprint density at radius 2 is 1.85 bits per heavy atom. The second kappa shape index (κ2) is 5.58. The molecule has 0 aliphatic heterocycles. The summed E-state index contributed by atoms with van der Waals surface area (Å²) in [5.74, 6) is 0.513. The topological polar surface area (TPSA) is 52.5 Å².